The Hall–Kier alpha value is -1.06. The van der Waals surface area contributed by atoms with Gasteiger partial charge in [-0.05, 0) is 31.0 Å². The second-order valence-electron chi connectivity index (χ2n) is 5.98. The van der Waals surface area contributed by atoms with Crippen molar-refractivity contribution in [1.29, 1.82) is 0 Å². The van der Waals surface area contributed by atoms with E-state index in [1.54, 1.807) is 0 Å². The van der Waals surface area contributed by atoms with Crippen molar-refractivity contribution >= 4 is 0 Å². The first-order valence-corrected chi connectivity index (χ1v) is 8.79. The summed E-state index contributed by atoms with van der Waals surface area (Å²) in [4.78, 5) is 0. The van der Waals surface area contributed by atoms with Gasteiger partial charge < -0.3 is 14.2 Å². The molecule has 0 unspecified atom stereocenters. The molecular weight excluding hydrogens is 276 g/mol. The molecule has 0 aromatic heterocycles. The summed E-state index contributed by atoms with van der Waals surface area (Å²) in [6.07, 6.45) is 8.03. The molecule has 0 bridgehead atoms. The van der Waals surface area contributed by atoms with Crippen molar-refractivity contribution < 1.29 is 14.2 Å². The average Bonchev–Trinajstić information content (AvgIpc) is 2.56. The smallest absolute Gasteiger partial charge is 0.119 e. The van der Waals surface area contributed by atoms with E-state index in [1.807, 2.05) is 19.1 Å². The number of rotatable bonds is 9. The largest absolute Gasteiger partial charge is 0.494 e. The Morgan fingerprint density at radius 1 is 0.955 bits per heavy atom. The fraction of sp³-hybridized carbons (Fsp3) is 0.684. The first-order valence-electron chi connectivity index (χ1n) is 8.79. The van der Waals surface area contributed by atoms with Crippen LogP contribution in [-0.2, 0) is 9.47 Å². The average molecular weight is 306 g/mol. The van der Waals surface area contributed by atoms with E-state index >= 15 is 0 Å². The van der Waals surface area contributed by atoms with Crippen LogP contribution in [0.4, 0.5) is 0 Å². The SMILES string of the molecule is CCCCCCC[C@@H]1CO[C@@H](c2ccc(OCC)cc2)CO1. The van der Waals surface area contributed by atoms with E-state index in [0.29, 0.717) is 19.8 Å². The number of hydrogen-bond acceptors (Lipinski definition) is 3. The van der Waals surface area contributed by atoms with Gasteiger partial charge in [-0.25, -0.2) is 0 Å². The van der Waals surface area contributed by atoms with Gasteiger partial charge in [0.1, 0.15) is 11.9 Å². The third kappa shape index (κ3) is 5.62. The van der Waals surface area contributed by atoms with Gasteiger partial charge in [0.15, 0.2) is 0 Å². The number of unbranched alkanes of at least 4 members (excludes halogenated alkanes) is 4. The van der Waals surface area contributed by atoms with Crippen LogP contribution in [0.2, 0.25) is 0 Å². The minimum Gasteiger partial charge on any atom is -0.494 e. The monoisotopic (exact) mass is 306 g/mol. The minimum atomic E-state index is 0.0621. The summed E-state index contributed by atoms with van der Waals surface area (Å²) < 4.78 is 17.4. The molecule has 0 amide bonds. The summed E-state index contributed by atoms with van der Waals surface area (Å²) in [5.41, 5.74) is 1.17. The lowest BCUT2D eigenvalue weighted by molar-refractivity contribution is -0.137. The van der Waals surface area contributed by atoms with Gasteiger partial charge in [-0.1, -0.05) is 51.2 Å². The third-order valence-electron chi connectivity index (χ3n) is 4.16. The highest BCUT2D eigenvalue weighted by Gasteiger charge is 2.23. The van der Waals surface area contributed by atoms with Crippen LogP contribution < -0.4 is 4.74 Å². The zero-order valence-electron chi connectivity index (χ0n) is 14.1. The van der Waals surface area contributed by atoms with E-state index in [9.17, 15) is 0 Å². The van der Waals surface area contributed by atoms with E-state index in [2.05, 4.69) is 19.1 Å². The second kappa shape index (κ2) is 9.86. The number of ether oxygens (including phenoxy) is 3. The molecule has 2 atom stereocenters. The molecule has 0 saturated carbocycles. The van der Waals surface area contributed by atoms with Crippen molar-refractivity contribution in [3.8, 4) is 5.75 Å². The van der Waals surface area contributed by atoms with Gasteiger partial charge in [0.25, 0.3) is 0 Å². The molecule has 1 heterocycles. The van der Waals surface area contributed by atoms with Crippen molar-refractivity contribution in [3.05, 3.63) is 29.8 Å². The first kappa shape index (κ1) is 17.3. The standard InChI is InChI=1S/C19H30O3/c1-3-5-6-7-8-9-18-14-22-19(15-21-18)16-10-12-17(13-11-16)20-4-2/h10-13,18-19H,3-9,14-15H2,1-2H3/t18-,19-/m1/s1. The summed E-state index contributed by atoms with van der Waals surface area (Å²) in [5.74, 6) is 0.910. The molecule has 1 saturated heterocycles. The van der Waals surface area contributed by atoms with Gasteiger partial charge >= 0.3 is 0 Å². The van der Waals surface area contributed by atoms with Crippen LogP contribution in [0.15, 0.2) is 24.3 Å². The molecule has 1 fully saturated rings. The zero-order valence-corrected chi connectivity index (χ0v) is 14.1. The fourth-order valence-electron chi connectivity index (χ4n) is 2.82. The van der Waals surface area contributed by atoms with Crippen LogP contribution in [0.5, 0.6) is 5.75 Å². The molecule has 0 radical (unpaired) electrons. The first-order chi connectivity index (χ1) is 10.8. The van der Waals surface area contributed by atoms with E-state index in [-0.39, 0.29) is 12.2 Å². The molecule has 124 valence electrons. The van der Waals surface area contributed by atoms with Crippen LogP contribution >= 0.6 is 0 Å². The van der Waals surface area contributed by atoms with E-state index in [1.165, 1.54) is 37.7 Å². The maximum absolute atomic E-state index is 5.99. The summed E-state index contributed by atoms with van der Waals surface area (Å²) in [7, 11) is 0. The van der Waals surface area contributed by atoms with Crippen molar-refractivity contribution in [2.24, 2.45) is 0 Å². The molecule has 1 aromatic carbocycles. The van der Waals surface area contributed by atoms with Crippen molar-refractivity contribution in [1.82, 2.24) is 0 Å². The van der Waals surface area contributed by atoms with Crippen LogP contribution in [0.25, 0.3) is 0 Å². The van der Waals surface area contributed by atoms with Gasteiger partial charge in [0.2, 0.25) is 0 Å². The third-order valence-corrected chi connectivity index (χ3v) is 4.16. The Morgan fingerprint density at radius 3 is 2.36 bits per heavy atom. The van der Waals surface area contributed by atoms with Gasteiger partial charge in [-0.15, -0.1) is 0 Å². The number of hydrogen-bond donors (Lipinski definition) is 0. The zero-order chi connectivity index (χ0) is 15.6. The lowest BCUT2D eigenvalue weighted by Crippen LogP contribution is -2.31. The lowest BCUT2D eigenvalue weighted by atomic mass is 10.1. The highest BCUT2D eigenvalue weighted by molar-refractivity contribution is 5.28. The molecule has 1 aromatic rings. The van der Waals surface area contributed by atoms with Crippen LogP contribution in [0, 0.1) is 0 Å². The van der Waals surface area contributed by atoms with Gasteiger partial charge in [-0.2, -0.15) is 0 Å². The molecule has 2 rings (SSSR count). The van der Waals surface area contributed by atoms with E-state index in [0.717, 1.165) is 12.2 Å². The molecule has 0 aliphatic carbocycles. The predicted octanol–water partition coefficient (Wildman–Crippen LogP) is 4.90. The van der Waals surface area contributed by atoms with E-state index in [4.69, 9.17) is 14.2 Å². The molecule has 1 aliphatic heterocycles. The van der Waals surface area contributed by atoms with Crippen LogP contribution in [-0.4, -0.2) is 25.9 Å². The maximum Gasteiger partial charge on any atom is 0.119 e. The van der Waals surface area contributed by atoms with Crippen molar-refractivity contribution in [3.63, 3.8) is 0 Å². The van der Waals surface area contributed by atoms with Gasteiger partial charge in [0.05, 0.1) is 25.9 Å². The summed E-state index contributed by atoms with van der Waals surface area (Å²) in [6, 6.07) is 8.15. The summed E-state index contributed by atoms with van der Waals surface area (Å²) >= 11 is 0. The van der Waals surface area contributed by atoms with Crippen molar-refractivity contribution in [2.75, 3.05) is 19.8 Å². The van der Waals surface area contributed by atoms with Crippen LogP contribution in [0.3, 0.4) is 0 Å². The topological polar surface area (TPSA) is 27.7 Å². The summed E-state index contributed by atoms with van der Waals surface area (Å²) in [5, 5.41) is 0. The van der Waals surface area contributed by atoms with E-state index < -0.39 is 0 Å². The van der Waals surface area contributed by atoms with Crippen LogP contribution in [0.1, 0.15) is 64.0 Å². The van der Waals surface area contributed by atoms with Gasteiger partial charge in [0, 0.05) is 0 Å². The molecule has 22 heavy (non-hydrogen) atoms. The Morgan fingerprint density at radius 2 is 1.73 bits per heavy atom. The highest BCUT2D eigenvalue weighted by atomic mass is 16.6. The lowest BCUT2D eigenvalue weighted by Gasteiger charge is -2.30. The number of benzene rings is 1. The Labute approximate surface area is 135 Å². The quantitative estimate of drug-likeness (QED) is 0.607. The maximum atomic E-state index is 5.99. The fourth-order valence-corrected chi connectivity index (χ4v) is 2.82. The summed E-state index contributed by atoms with van der Waals surface area (Å²) in [6.45, 7) is 6.31. The molecule has 1 aliphatic rings. The Balaban J connectivity index is 1.68. The molecule has 0 spiro atoms. The normalized spacial score (nSPS) is 21.7. The molecular formula is C19H30O3. The Kier molecular flexibility index (Phi) is 7.75. The highest BCUT2D eigenvalue weighted by Crippen LogP contribution is 2.26. The van der Waals surface area contributed by atoms with Gasteiger partial charge in [-0.3, -0.25) is 0 Å². The Bertz CT molecular complexity index is 394. The predicted molar refractivity (Wildman–Crippen MR) is 89.4 cm³/mol. The van der Waals surface area contributed by atoms with Crippen molar-refractivity contribution in [2.45, 2.75) is 64.6 Å². The minimum absolute atomic E-state index is 0.0621. The molecule has 3 nitrogen and oxygen atoms in total. The second-order valence-corrected chi connectivity index (χ2v) is 5.98. The molecule has 3 heteroatoms. The molecule has 0 N–H and O–H groups in total.